The van der Waals surface area contributed by atoms with E-state index in [9.17, 15) is 35.5 Å². The van der Waals surface area contributed by atoms with E-state index in [-0.39, 0.29) is 35.9 Å². The molecule has 3 aromatic rings. The van der Waals surface area contributed by atoms with Crippen LogP contribution in [0.15, 0.2) is 72.8 Å². The standard InChI is InChI=1S/C35H37F7N2O.ClH/c1-32(2,26-20-27(34(37,38)39)22-28(21-26)35(40,41)42)31(45)43-33(25-6-4-3-5-7-25)16-12-30(13-17-33)44-18-14-24(15-19-44)23-8-10-29(36)11-9-23;/h3-11,20-22,24,30H,12-19H2,1-2H3,(H,43,45);1H/t30-,33-;. The van der Waals surface area contributed by atoms with Gasteiger partial charge < -0.3 is 10.2 Å². The molecule has 0 atom stereocenters. The first-order valence-corrected chi connectivity index (χ1v) is 15.3. The smallest absolute Gasteiger partial charge is 0.346 e. The van der Waals surface area contributed by atoms with Gasteiger partial charge >= 0.3 is 12.4 Å². The van der Waals surface area contributed by atoms with Gasteiger partial charge in [-0.3, -0.25) is 4.79 Å². The third-order valence-corrected chi connectivity index (χ3v) is 9.75. The largest absolute Gasteiger partial charge is 0.416 e. The van der Waals surface area contributed by atoms with E-state index < -0.39 is 40.3 Å². The van der Waals surface area contributed by atoms with E-state index in [0.717, 1.165) is 49.9 Å². The Bertz CT molecular complexity index is 1440. The maximum Gasteiger partial charge on any atom is 0.416 e. The third-order valence-electron chi connectivity index (χ3n) is 9.75. The predicted octanol–water partition coefficient (Wildman–Crippen LogP) is 9.40. The van der Waals surface area contributed by atoms with Gasteiger partial charge in [-0.2, -0.15) is 26.3 Å². The van der Waals surface area contributed by atoms with Gasteiger partial charge in [0.2, 0.25) is 5.91 Å². The van der Waals surface area contributed by atoms with Crippen molar-refractivity contribution in [3.63, 3.8) is 0 Å². The van der Waals surface area contributed by atoms with Crippen LogP contribution in [0.1, 0.15) is 86.1 Å². The quantitative estimate of drug-likeness (QED) is 0.265. The average molecular weight is 671 g/mol. The number of benzene rings is 3. The van der Waals surface area contributed by atoms with Crippen molar-refractivity contribution in [2.75, 3.05) is 13.1 Å². The summed E-state index contributed by atoms with van der Waals surface area (Å²) in [6, 6.07) is 17.6. The van der Waals surface area contributed by atoms with Gasteiger partial charge in [0.1, 0.15) is 5.82 Å². The first-order chi connectivity index (χ1) is 21.1. The summed E-state index contributed by atoms with van der Waals surface area (Å²) < 4.78 is 95.0. The van der Waals surface area contributed by atoms with E-state index in [4.69, 9.17) is 0 Å². The van der Waals surface area contributed by atoms with Crippen molar-refractivity contribution in [2.24, 2.45) is 0 Å². The summed E-state index contributed by atoms with van der Waals surface area (Å²) in [5, 5.41) is 3.11. The minimum atomic E-state index is -5.01. The first kappa shape index (κ1) is 35.7. The van der Waals surface area contributed by atoms with Crippen LogP contribution in [0.25, 0.3) is 0 Å². The third kappa shape index (κ3) is 7.71. The molecule has 0 bridgehead atoms. The number of piperidine rings is 1. The lowest BCUT2D eigenvalue weighted by atomic mass is 9.72. The lowest BCUT2D eigenvalue weighted by Gasteiger charge is -2.47. The zero-order valence-electron chi connectivity index (χ0n) is 25.6. The molecule has 0 aromatic heterocycles. The van der Waals surface area contributed by atoms with E-state index in [1.54, 1.807) is 0 Å². The zero-order valence-corrected chi connectivity index (χ0v) is 26.5. The molecular formula is C35H38ClF7N2O. The van der Waals surface area contributed by atoms with E-state index in [1.807, 2.05) is 42.5 Å². The van der Waals surface area contributed by atoms with Crippen LogP contribution in [0, 0.1) is 5.82 Å². The normalized spacial score (nSPS) is 21.8. The Morgan fingerprint density at radius 2 is 1.26 bits per heavy atom. The second-order valence-corrected chi connectivity index (χ2v) is 12.9. The summed E-state index contributed by atoms with van der Waals surface area (Å²) in [5.41, 5.74) is -3.79. The molecule has 0 radical (unpaired) electrons. The van der Waals surface area contributed by atoms with Gasteiger partial charge in [-0.15, -0.1) is 12.4 Å². The van der Waals surface area contributed by atoms with Crippen LogP contribution in [0.4, 0.5) is 30.7 Å². The second kappa shape index (κ2) is 13.6. The van der Waals surface area contributed by atoms with Crippen LogP contribution in [0.5, 0.6) is 0 Å². The fourth-order valence-corrected chi connectivity index (χ4v) is 6.86. The molecule has 1 saturated carbocycles. The molecule has 1 heterocycles. The second-order valence-electron chi connectivity index (χ2n) is 12.9. The van der Waals surface area contributed by atoms with E-state index >= 15 is 0 Å². The van der Waals surface area contributed by atoms with Gasteiger partial charge in [-0.25, -0.2) is 4.39 Å². The molecule has 1 amide bonds. The molecule has 46 heavy (non-hydrogen) atoms. The van der Waals surface area contributed by atoms with E-state index in [1.165, 1.54) is 26.0 Å². The van der Waals surface area contributed by atoms with Crippen molar-refractivity contribution in [3.8, 4) is 0 Å². The van der Waals surface area contributed by atoms with Crippen molar-refractivity contribution >= 4 is 18.3 Å². The molecule has 250 valence electrons. The van der Waals surface area contributed by atoms with E-state index in [2.05, 4.69) is 10.2 Å². The molecule has 0 unspecified atom stereocenters. The van der Waals surface area contributed by atoms with Crippen molar-refractivity contribution in [2.45, 2.75) is 87.6 Å². The number of rotatable bonds is 6. The highest BCUT2D eigenvalue weighted by Gasteiger charge is 2.45. The molecule has 1 saturated heterocycles. The van der Waals surface area contributed by atoms with Gasteiger partial charge in [0.05, 0.1) is 22.1 Å². The fraction of sp³-hybridized carbons (Fsp3) is 0.457. The van der Waals surface area contributed by atoms with Crippen molar-refractivity contribution in [3.05, 3.63) is 106 Å². The molecule has 1 N–H and O–H groups in total. The average Bonchev–Trinajstić information content (AvgIpc) is 3.01. The molecule has 1 aliphatic heterocycles. The fourth-order valence-electron chi connectivity index (χ4n) is 6.86. The number of alkyl halides is 6. The summed E-state index contributed by atoms with van der Waals surface area (Å²) >= 11 is 0. The molecule has 11 heteroatoms. The maximum atomic E-state index is 13.9. The lowest BCUT2D eigenvalue weighted by Crippen LogP contribution is -2.55. The van der Waals surface area contributed by atoms with Crippen molar-refractivity contribution in [1.29, 1.82) is 0 Å². The molecule has 3 aromatic carbocycles. The number of nitrogens with one attached hydrogen (secondary N) is 1. The molecule has 2 aliphatic rings. The summed E-state index contributed by atoms with van der Waals surface area (Å²) in [6.07, 6.45) is -5.46. The highest BCUT2D eigenvalue weighted by molar-refractivity contribution is 5.88. The molecule has 1 aliphatic carbocycles. The Balaban J connectivity index is 0.00000480. The number of nitrogens with zero attached hydrogens (tertiary/aromatic N) is 1. The Kier molecular flexibility index (Phi) is 10.5. The SMILES string of the molecule is CC(C)(C(=O)N[C@]1(c2ccccc2)CC[C@@H](N2CCC(c3ccc(F)cc3)CC2)CC1)c1cc(C(F)(F)F)cc(C(F)(F)F)c1.Cl. The Labute approximate surface area is 271 Å². The van der Waals surface area contributed by atoms with Gasteiger partial charge in [0.15, 0.2) is 0 Å². The topological polar surface area (TPSA) is 32.3 Å². The number of carbonyl (C=O) groups is 1. The van der Waals surface area contributed by atoms with Crippen LogP contribution in [-0.2, 0) is 28.1 Å². The maximum absolute atomic E-state index is 13.9. The Hall–Kier alpha value is -3.11. The zero-order chi connectivity index (χ0) is 32.6. The van der Waals surface area contributed by atoms with Crippen molar-refractivity contribution in [1.82, 2.24) is 10.2 Å². The lowest BCUT2D eigenvalue weighted by molar-refractivity contribution is -0.143. The molecule has 2 fully saturated rings. The highest BCUT2D eigenvalue weighted by atomic mass is 35.5. The van der Waals surface area contributed by atoms with Gasteiger partial charge in [0.25, 0.3) is 0 Å². The first-order valence-electron chi connectivity index (χ1n) is 15.3. The Morgan fingerprint density at radius 3 is 1.76 bits per heavy atom. The number of hydrogen-bond donors (Lipinski definition) is 1. The molecule has 3 nitrogen and oxygen atoms in total. The van der Waals surface area contributed by atoms with Crippen LogP contribution in [-0.4, -0.2) is 29.9 Å². The number of amides is 1. The van der Waals surface area contributed by atoms with Crippen LogP contribution >= 0.6 is 12.4 Å². The van der Waals surface area contributed by atoms with Gasteiger partial charge in [-0.05, 0) is 118 Å². The number of likely N-dealkylation sites (tertiary alicyclic amines) is 1. The van der Waals surface area contributed by atoms with Crippen LogP contribution < -0.4 is 5.32 Å². The van der Waals surface area contributed by atoms with Crippen molar-refractivity contribution < 1.29 is 35.5 Å². The van der Waals surface area contributed by atoms with Crippen LogP contribution in [0.3, 0.4) is 0 Å². The summed E-state index contributed by atoms with van der Waals surface area (Å²) in [5.74, 6) is -0.530. The number of hydrogen-bond acceptors (Lipinski definition) is 2. The monoisotopic (exact) mass is 670 g/mol. The summed E-state index contributed by atoms with van der Waals surface area (Å²) in [7, 11) is 0. The Morgan fingerprint density at radius 1 is 0.761 bits per heavy atom. The number of carbonyl (C=O) groups excluding carboxylic acids is 1. The molecular weight excluding hydrogens is 633 g/mol. The number of halogens is 8. The summed E-state index contributed by atoms with van der Waals surface area (Å²) in [4.78, 5) is 16.4. The van der Waals surface area contributed by atoms with Gasteiger partial charge in [-0.1, -0.05) is 42.5 Å². The minimum Gasteiger partial charge on any atom is -0.346 e. The minimum absolute atomic E-state index is 0. The van der Waals surface area contributed by atoms with Gasteiger partial charge in [0, 0.05) is 6.04 Å². The predicted molar refractivity (Wildman–Crippen MR) is 165 cm³/mol. The van der Waals surface area contributed by atoms with Crippen LogP contribution in [0.2, 0.25) is 0 Å². The molecule has 5 rings (SSSR count). The summed E-state index contributed by atoms with van der Waals surface area (Å²) in [6.45, 7) is 4.49. The highest BCUT2D eigenvalue weighted by Crippen LogP contribution is 2.43. The molecule has 0 spiro atoms. The van der Waals surface area contributed by atoms with E-state index in [0.29, 0.717) is 30.9 Å².